The number of fused-ring (bicyclic) bond motifs is 1. The SMILES string of the molecule is Cc1ncsc1-c1ccc(CNC(=O)[C@@H]2C[C@@H](O)CN2C(=O)[C@@H](NCCOCCCOc2cc(NC(=O)[C@H](C)C3CCC(c4ccnc5ccc(F)cc45)CC3)ccc2Cl)C(C)(C)C)cc1. The van der Waals surface area contributed by atoms with Crippen LogP contribution in [0.4, 0.5) is 10.1 Å². The van der Waals surface area contributed by atoms with Crippen LogP contribution in [0, 0.1) is 30.0 Å². The number of rotatable bonds is 18. The largest absolute Gasteiger partial charge is 0.492 e. The van der Waals surface area contributed by atoms with Gasteiger partial charge in [-0.3, -0.25) is 19.4 Å². The number of nitrogens with one attached hydrogen (secondary N) is 3. The number of nitrogens with zero attached hydrogens (tertiary/aromatic N) is 3. The number of aliphatic hydroxyl groups is 1. The molecule has 12 nitrogen and oxygen atoms in total. The third-order valence-corrected chi connectivity index (χ3v) is 14.2. The first-order valence-corrected chi connectivity index (χ1v) is 24.3. The monoisotopic (exact) mass is 940 g/mol. The molecule has 2 fully saturated rings. The highest BCUT2D eigenvalue weighted by Crippen LogP contribution is 2.41. The van der Waals surface area contributed by atoms with Crippen molar-refractivity contribution in [1.82, 2.24) is 25.5 Å². The summed E-state index contributed by atoms with van der Waals surface area (Å²) in [6.45, 7) is 11.7. The number of pyridine rings is 1. The Morgan fingerprint density at radius 2 is 1.76 bits per heavy atom. The molecule has 1 saturated carbocycles. The van der Waals surface area contributed by atoms with Crippen LogP contribution in [-0.2, 0) is 25.7 Å². The van der Waals surface area contributed by atoms with E-state index in [0.29, 0.717) is 61.7 Å². The van der Waals surface area contributed by atoms with Crippen LogP contribution in [0.1, 0.15) is 89.0 Å². The van der Waals surface area contributed by atoms with E-state index in [-0.39, 0.29) is 48.3 Å². The Kier molecular flexibility index (Phi) is 16.5. The van der Waals surface area contributed by atoms with Gasteiger partial charge in [-0.15, -0.1) is 11.3 Å². The molecule has 0 spiro atoms. The van der Waals surface area contributed by atoms with E-state index in [2.05, 4.69) is 25.9 Å². The first-order valence-electron chi connectivity index (χ1n) is 23.0. The summed E-state index contributed by atoms with van der Waals surface area (Å²) in [5.74, 6) is -0.0553. The molecule has 2 aliphatic rings. The standard InChI is InChI=1S/C51H62ClFN6O6S/c1-31(34-11-13-35(14-12-34)40-19-20-54-43-18-15-37(53)25-41(40)43)48(61)58-38-16-17-42(52)45(26-38)65-23-6-22-64-24-21-55-47(51(3,4)5)50(63)59-29-39(60)27-44(59)49(62)56-28-33-7-9-36(10-8-33)46-32(2)57-30-66-46/h7-10,15-20,25-26,30-31,34-35,39,44,47,55,60H,6,11-14,21-24,27-29H2,1-5H3,(H,56,62)(H,58,61)/t31-,34?,35?,39-,44+,47-/m1/s1. The zero-order valence-corrected chi connectivity index (χ0v) is 40.0. The fraction of sp³-hybridized carbons (Fsp3) is 0.471. The second-order valence-corrected chi connectivity index (χ2v) is 20.0. The third-order valence-electron chi connectivity index (χ3n) is 13.0. The molecule has 15 heteroatoms. The molecular formula is C51H62ClFN6O6S. The Bertz CT molecular complexity index is 2460. The zero-order valence-electron chi connectivity index (χ0n) is 38.4. The molecule has 352 valence electrons. The molecule has 3 heterocycles. The third kappa shape index (κ3) is 12.3. The van der Waals surface area contributed by atoms with Gasteiger partial charge in [0.1, 0.15) is 17.6 Å². The topological polar surface area (TPSA) is 155 Å². The number of likely N-dealkylation sites (tertiary alicyclic amines) is 1. The van der Waals surface area contributed by atoms with Gasteiger partial charge in [-0.2, -0.15) is 0 Å². The maximum absolute atomic E-state index is 14.1. The Balaban J connectivity index is 0.813. The van der Waals surface area contributed by atoms with Crippen LogP contribution in [0.25, 0.3) is 21.3 Å². The van der Waals surface area contributed by atoms with E-state index in [4.69, 9.17) is 21.1 Å². The second kappa shape index (κ2) is 22.2. The van der Waals surface area contributed by atoms with Crippen molar-refractivity contribution in [2.45, 2.75) is 104 Å². The van der Waals surface area contributed by atoms with Crippen LogP contribution in [0.15, 0.2) is 78.4 Å². The van der Waals surface area contributed by atoms with E-state index in [0.717, 1.165) is 63.8 Å². The lowest BCUT2D eigenvalue weighted by Crippen LogP contribution is -2.57. The van der Waals surface area contributed by atoms with Crippen LogP contribution in [0.5, 0.6) is 5.75 Å². The summed E-state index contributed by atoms with van der Waals surface area (Å²) in [5.41, 5.74) is 6.85. The number of anilines is 1. The summed E-state index contributed by atoms with van der Waals surface area (Å²) < 4.78 is 26.0. The number of halogens is 2. The molecule has 66 heavy (non-hydrogen) atoms. The summed E-state index contributed by atoms with van der Waals surface area (Å²) in [6, 6.07) is 18.5. The average molecular weight is 942 g/mol. The Morgan fingerprint density at radius 1 is 0.985 bits per heavy atom. The van der Waals surface area contributed by atoms with Crippen LogP contribution < -0.4 is 20.7 Å². The number of hydrogen-bond donors (Lipinski definition) is 4. The highest BCUT2D eigenvalue weighted by molar-refractivity contribution is 7.13. The molecule has 0 radical (unpaired) electrons. The summed E-state index contributed by atoms with van der Waals surface area (Å²) in [4.78, 5) is 52.2. The van der Waals surface area contributed by atoms with Gasteiger partial charge in [0.05, 0.1) is 52.0 Å². The first-order chi connectivity index (χ1) is 31.7. The van der Waals surface area contributed by atoms with Gasteiger partial charge in [-0.1, -0.05) is 63.6 Å². The van der Waals surface area contributed by atoms with Crippen molar-refractivity contribution in [2.24, 2.45) is 17.3 Å². The van der Waals surface area contributed by atoms with Gasteiger partial charge < -0.3 is 35.4 Å². The van der Waals surface area contributed by atoms with Crippen LogP contribution in [0.3, 0.4) is 0 Å². The number of aryl methyl sites for hydroxylation is 1. The molecule has 1 aliphatic heterocycles. The molecule has 3 aromatic carbocycles. The maximum Gasteiger partial charge on any atom is 0.243 e. The van der Waals surface area contributed by atoms with E-state index in [9.17, 15) is 23.9 Å². The molecule has 4 N–H and O–H groups in total. The minimum Gasteiger partial charge on any atom is -0.492 e. The predicted molar refractivity (Wildman–Crippen MR) is 258 cm³/mol. The van der Waals surface area contributed by atoms with Gasteiger partial charge in [-0.25, -0.2) is 9.37 Å². The molecule has 4 atom stereocenters. The van der Waals surface area contributed by atoms with E-state index in [1.54, 1.807) is 47.9 Å². The number of amides is 3. The van der Waals surface area contributed by atoms with Gasteiger partial charge in [0, 0.05) is 68.3 Å². The molecule has 1 aliphatic carbocycles. The molecule has 2 aromatic heterocycles. The molecule has 5 aromatic rings. The van der Waals surface area contributed by atoms with E-state index < -0.39 is 23.6 Å². The number of thiazole rings is 1. The minimum absolute atomic E-state index is 0.0554. The molecular weight excluding hydrogens is 879 g/mol. The van der Waals surface area contributed by atoms with E-state index in [1.807, 2.05) is 70.5 Å². The van der Waals surface area contributed by atoms with Crippen molar-refractivity contribution in [2.75, 3.05) is 38.2 Å². The quantitative estimate of drug-likeness (QED) is 0.0630. The number of β-amino-alcohol motifs (C(OH)–C–C–N with tert-alkyl or cyclic N) is 1. The highest BCUT2D eigenvalue weighted by atomic mass is 35.5. The number of aromatic nitrogens is 2. The second-order valence-electron chi connectivity index (χ2n) is 18.7. The molecule has 0 unspecified atom stereocenters. The fourth-order valence-electron chi connectivity index (χ4n) is 9.20. The van der Waals surface area contributed by atoms with Crippen molar-refractivity contribution in [3.8, 4) is 16.2 Å². The molecule has 0 bridgehead atoms. The lowest BCUT2D eigenvalue weighted by atomic mass is 9.73. The van der Waals surface area contributed by atoms with Gasteiger partial charge in [0.2, 0.25) is 17.7 Å². The van der Waals surface area contributed by atoms with Crippen molar-refractivity contribution in [3.05, 3.63) is 106 Å². The van der Waals surface area contributed by atoms with Crippen molar-refractivity contribution in [3.63, 3.8) is 0 Å². The number of ether oxygens (including phenoxy) is 2. The first kappa shape index (κ1) is 48.9. The Labute approximate surface area is 396 Å². The molecule has 7 rings (SSSR count). The van der Waals surface area contributed by atoms with Crippen LogP contribution in [0.2, 0.25) is 5.02 Å². The number of carbonyl (C=O) groups excluding carboxylic acids is 3. The smallest absolute Gasteiger partial charge is 0.243 e. The van der Waals surface area contributed by atoms with Gasteiger partial charge >= 0.3 is 0 Å². The van der Waals surface area contributed by atoms with Crippen molar-refractivity contribution < 1.29 is 33.4 Å². The van der Waals surface area contributed by atoms with Gasteiger partial charge in [0.25, 0.3) is 0 Å². The van der Waals surface area contributed by atoms with Crippen molar-refractivity contribution in [1.29, 1.82) is 0 Å². The lowest BCUT2D eigenvalue weighted by Gasteiger charge is -2.35. The van der Waals surface area contributed by atoms with Crippen LogP contribution >= 0.6 is 22.9 Å². The van der Waals surface area contributed by atoms with Crippen LogP contribution in [-0.4, -0.2) is 88.8 Å². The lowest BCUT2D eigenvalue weighted by molar-refractivity contribution is -0.142. The minimum atomic E-state index is -0.796. The summed E-state index contributed by atoms with van der Waals surface area (Å²) in [5, 5.41) is 21.3. The number of carbonyl (C=O) groups is 3. The summed E-state index contributed by atoms with van der Waals surface area (Å²) in [7, 11) is 0. The average Bonchev–Trinajstić information content (AvgIpc) is 3.92. The number of hydrogen-bond acceptors (Lipinski definition) is 10. The summed E-state index contributed by atoms with van der Waals surface area (Å²) in [6.07, 6.45) is 5.40. The van der Waals surface area contributed by atoms with Crippen molar-refractivity contribution >= 4 is 57.2 Å². The molecule has 1 saturated heterocycles. The highest BCUT2D eigenvalue weighted by Gasteiger charge is 2.43. The zero-order chi connectivity index (χ0) is 47.0. The van der Waals surface area contributed by atoms with E-state index in [1.165, 1.54) is 11.0 Å². The maximum atomic E-state index is 14.1. The van der Waals surface area contributed by atoms with Gasteiger partial charge in [-0.05, 0) is 103 Å². The number of benzene rings is 3. The Hall–Kier alpha value is -4.99. The summed E-state index contributed by atoms with van der Waals surface area (Å²) >= 11 is 8.06. The normalized spacial score (nSPS) is 19.7. The van der Waals surface area contributed by atoms with E-state index >= 15 is 0 Å². The Morgan fingerprint density at radius 3 is 2.48 bits per heavy atom. The van der Waals surface area contributed by atoms with Gasteiger partial charge in [0.15, 0.2) is 0 Å². The predicted octanol–water partition coefficient (Wildman–Crippen LogP) is 9.08. The number of aliphatic hydroxyl groups excluding tert-OH is 1. The molecule has 3 amide bonds. The fourth-order valence-corrected chi connectivity index (χ4v) is 10.2.